The number of hydrogen-bond donors (Lipinski definition) is 2. The molecule has 1 aromatic heterocycles. The SMILES string of the molecule is COc1c(C(NN)c2cc3c(s2)CCC3)ccc(C)c1C. The van der Waals surface area contributed by atoms with Crippen LogP contribution < -0.4 is 16.0 Å². The Bertz CT molecular complexity index is 642. The topological polar surface area (TPSA) is 47.3 Å². The van der Waals surface area contributed by atoms with Crippen LogP contribution in [0, 0.1) is 13.8 Å². The maximum atomic E-state index is 5.87. The minimum absolute atomic E-state index is 0.00477. The van der Waals surface area contributed by atoms with Gasteiger partial charge in [0.2, 0.25) is 0 Å². The molecule has 3 rings (SSSR count). The molecule has 1 atom stereocenters. The Morgan fingerprint density at radius 3 is 2.76 bits per heavy atom. The number of rotatable bonds is 4. The van der Waals surface area contributed by atoms with Crippen molar-refractivity contribution in [2.75, 3.05) is 7.11 Å². The van der Waals surface area contributed by atoms with E-state index in [-0.39, 0.29) is 6.04 Å². The van der Waals surface area contributed by atoms with Gasteiger partial charge in [-0.15, -0.1) is 11.3 Å². The number of fused-ring (bicyclic) bond motifs is 1. The summed E-state index contributed by atoms with van der Waals surface area (Å²) >= 11 is 1.88. The average molecular weight is 302 g/mol. The van der Waals surface area contributed by atoms with Gasteiger partial charge in [-0.25, -0.2) is 5.43 Å². The minimum atomic E-state index is -0.00477. The first-order valence-corrected chi connectivity index (χ1v) is 8.19. The lowest BCUT2D eigenvalue weighted by molar-refractivity contribution is 0.401. The summed E-state index contributed by atoms with van der Waals surface area (Å²) in [6, 6.07) is 6.57. The second kappa shape index (κ2) is 5.79. The van der Waals surface area contributed by atoms with Gasteiger partial charge in [0.25, 0.3) is 0 Å². The number of nitrogens with two attached hydrogens (primary N) is 1. The zero-order chi connectivity index (χ0) is 15.0. The lowest BCUT2D eigenvalue weighted by atomic mass is 9.98. The van der Waals surface area contributed by atoms with Crippen LogP contribution >= 0.6 is 11.3 Å². The summed E-state index contributed by atoms with van der Waals surface area (Å²) in [5.74, 6) is 6.81. The van der Waals surface area contributed by atoms with E-state index >= 15 is 0 Å². The van der Waals surface area contributed by atoms with E-state index in [0.717, 1.165) is 11.3 Å². The third kappa shape index (κ3) is 2.48. The fourth-order valence-corrected chi connectivity index (χ4v) is 4.47. The summed E-state index contributed by atoms with van der Waals surface area (Å²) in [5, 5.41) is 0. The lowest BCUT2D eigenvalue weighted by Crippen LogP contribution is -2.28. The number of aryl methyl sites for hydroxylation is 3. The number of nitrogens with one attached hydrogen (secondary N) is 1. The van der Waals surface area contributed by atoms with Gasteiger partial charge in [0.15, 0.2) is 0 Å². The zero-order valence-corrected chi connectivity index (χ0v) is 13.6. The molecule has 0 bridgehead atoms. The fraction of sp³-hybridized carbons (Fsp3) is 0.412. The summed E-state index contributed by atoms with van der Waals surface area (Å²) in [4.78, 5) is 2.80. The van der Waals surface area contributed by atoms with Gasteiger partial charge in [0, 0.05) is 15.3 Å². The molecule has 0 fully saturated rings. The molecule has 1 aliphatic carbocycles. The van der Waals surface area contributed by atoms with Crippen LogP contribution in [-0.4, -0.2) is 7.11 Å². The third-order valence-corrected chi connectivity index (χ3v) is 5.74. The molecule has 0 radical (unpaired) electrons. The van der Waals surface area contributed by atoms with E-state index in [9.17, 15) is 0 Å². The molecule has 0 amide bonds. The van der Waals surface area contributed by atoms with Crippen LogP contribution in [0.4, 0.5) is 0 Å². The predicted molar refractivity (Wildman–Crippen MR) is 88.0 cm³/mol. The number of hydrogen-bond acceptors (Lipinski definition) is 4. The fourth-order valence-electron chi connectivity index (χ4n) is 3.13. The summed E-state index contributed by atoms with van der Waals surface area (Å²) in [6.07, 6.45) is 3.70. The van der Waals surface area contributed by atoms with Crippen molar-refractivity contribution < 1.29 is 4.74 Å². The van der Waals surface area contributed by atoms with Gasteiger partial charge >= 0.3 is 0 Å². The van der Waals surface area contributed by atoms with Gasteiger partial charge in [-0.05, 0) is 55.9 Å². The molecule has 0 saturated carbocycles. The van der Waals surface area contributed by atoms with Crippen molar-refractivity contribution in [3.05, 3.63) is 50.2 Å². The number of methoxy groups -OCH3 is 1. The molecule has 21 heavy (non-hydrogen) atoms. The van der Waals surface area contributed by atoms with Crippen molar-refractivity contribution in [2.45, 2.75) is 39.2 Å². The second-order valence-electron chi connectivity index (χ2n) is 5.68. The lowest BCUT2D eigenvalue weighted by Gasteiger charge is -2.20. The monoisotopic (exact) mass is 302 g/mol. The number of ether oxygens (including phenoxy) is 1. The first-order valence-electron chi connectivity index (χ1n) is 7.37. The van der Waals surface area contributed by atoms with E-state index in [1.807, 2.05) is 11.3 Å². The normalized spacial score (nSPS) is 15.0. The second-order valence-corrected chi connectivity index (χ2v) is 6.85. The van der Waals surface area contributed by atoms with Gasteiger partial charge in [-0.2, -0.15) is 0 Å². The van der Waals surface area contributed by atoms with Crippen LogP contribution in [0.25, 0.3) is 0 Å². The molecule has 1 aromatic carbocycles. The van der Waals surface area contributed by atoms with Crippen LogP contribution in [-0.2, 0) is 12.8 Å². The van der Waals surface area contributed by atoms with Gasteiger partial charge in [0.05, 0.1) is 13.2 Å². The van der Waals surface area contributed by atoms with E-state index in [4.69, 9.17) is 10.6 Å². The van der Waals surface area contributed by atoms with Crippen LogP contribution in [0.5, 0.6) is 5.75 Å². The van der Waals surface area contributed by atoms with Gasteiger partial charge in [-0.3, -0.25) is 5.84 Å². The molecule has 0 aliphatic heterocycles. The van der Waals surface area contributed by atoms with E-state index < -0.39 is 0 Å². The highest BCUT2D eigenvalue weighted by molar-refractivity contribution is 7.12. The zero-order valence-electron chi connectivity index (χ0n) is 12.8. The van der Waals surface area contributed by atoms with Crippen molar-refractivity contribution in [2.24, 2.45) is 5.84 Å². The number of benzene rings is 1. The van der Waals surface area contributed by atoms with Crippen molar-refractivity contribution in [3.63, 3.8) is 0 Å². The number of thiophene rings is 1. The molecule has 1 heterocycles. The van der Waals surface area contributed by atoms with Crippen LogP contribution in [0.15, 0.2) is 18.2 Å². The standard InChI is InChI=1S/C17H22N2OS/c1-10-7-8-13(17(20-3)11(10)2)16(19-18)15-9-12-5-4-6-14(12)21-15/h7-9,16,19H,4-6,18H2,1-3H3. The van der Waals surface area contributed by atoms with Crippen LogP contribution in [0.2, 0.25) is 0 Å². The molecule has 112 valence electrons. The average Bonchev–Trinajstić information content (AvgIpc) is 3.05. The molecule has 3 N–H and O–H groups in total. The Morgan fingerprint density at radius 1 is 1.29 bits per heavy atom. The van der Waals surface area contributed by atoms with Gasteiger partial charge in [0.1, 0.15) is 5.75 Å². The van der Waals surface area contributed by atoms with Crippen molar-refractivity contribution in [1.82, 2.24) is 5.43 Å². The maximum absolute atomic E-state index is 5.87. The van der Waals surface area contributed by atoms with E-state index in [2.05, 4.69) is 37.5 Å². The highest BCUT2D eigenvalue weighted by Gasteiger charge is 2.24. The summed E-state index contributed by atoms with van der Waals surface area (Å²) in [6.45, 7) is 4.20. The molecular weight excluding hydrogens is 280 g/mol. The molecule has 1 aliphatic rings. The Balaban J connectivity index is 2.05. The first kappa shape index (κ1) is 14.6. The summed E-state index contributed by atoms with van der Waals surface area (Å²) in [5.41, 5.74) is 8.00. The molecule has 2 aromatic rings. The van der Waals surface area contributed by atoms with Gasteiger partial charge in [-0.1, -0.05) is 12.1 Å². The minimum Gasteiger partial charge on any atom is -0.496 e. The van der Waals surface area contributed by atoms with Crippen LogP contribution in [0.1, 0.15) is 44.5 Å². The Hall–Kier alpha value is -1.36. The Labute approximate surface area is 130 Å². The van der Waals surface area contributed by atoms with E-state index in [0.29, 0.717) is 0 Å². The summed E-state index contributed by atoms with van der Waals surface area (Å²) in [7, 11) is 1.73. The molecular formula is C17H22N2OS. The largest absolute Gasteiger partial charge is 0.496 e. The highest BCUT2D eigenvalue weighted by atomic mass is 32.1. The quantitative estimate of drug-likeness (QED) is 0.672. The first-order chi connectivity index (χ1) is 10.2. The Morgan fingerprint density at radius 2 is 2.10 bits per heavy atom. The molecule has 3 nitrogen and oxygen atoms in total. The van der Waals surface area contributed by atoms with Crippen molar-refractivity contribution in [3.8, 4) is 5.75 Å². The molecule has 0 spiro atoms. The van der Waals surface area contributed by atoms with E-state index in [1.165, 1.54) is 45.7 Å². The highest BCUT2D eigenvalue weighted by Crippen LogP contribution is 2.39. The third-order valence-electron chi connectivity index (χ3n) is 4.44. The maximum Gasteiger partial charge on any atom is 0.127 e. The van der Waals surface area contributed by atoms with Crippen molar-refractivity contribution in [1.29, 1.82) is 0 Å². The molecule has 4 heteroatoms. The van der Waals surface area contributed by atoms with Crippen molar-refractivity contribution >= 4 is 11.3 Å². The number of hydrazine groups is 1. The smallest absolute Gasteiger partial charge is 0.127 e. The predicted octanol–water partition coefficient (Wildman–Crippen LogP) is 3.41. The summed E-state index contributed by atoms with van der Waals surface area (Å²) < 4.78 is 5.65. The molecule has 1 unspecified atom stereocenters. The molecule has 0 saturated heterocycles. The van der Waals surface area contributed by atoms with Crippen LogP contribution in [0.3, 0.4) is 0 Å². The Kier molecular flexibility index (Phi) is 4.02. The van der Waals surface area contributed by atoms with E-state index in [1.54, 1.807) is 7.11 Å². The van der Waals surface area contributed by atoms with Gasteiger partial charge < -0.3 is 4.74 Å².